The van der Waals surface area contributed by atoms with Gasteiger partial charge in [0.25, 0.3) is 0 Å². The number of hydrogen-bond donors (Lipinski definition) is 2. The van der Waals surface area contributed by atoms with Gasteiger partial charge in [-0.15, -0.1) is 0 Å². The lowest BCUT2D eigenvalue weighted by atomic mass is 10.1. The normalized spacial score (nSPS) is 11.6. The molecule has 0 spiro atoms. The average Bonchev–Trinajstić information content (AvgIpc) is 2.53. The van der Waals surface area contributed by atoms with Crippen molar-refractivity contribution >= 4 is 23.2 Å². The summed E-state index contributed by atoms with van der Waals surface area (Å²) in [6.45, 7) is 1.54. The Balaban J connectivity index is 1.98. The number of rotatable bonds is 5. The van der Waals surface area contributed by atoms with Crippen LogP contribution in [0.4, 0.5) is 14.5 Å². The van der Waals surface area contributed by atoms with Crippen LogP contribution in [0.15, 0.2) is 36.4 Å². The molecule has 0 bridgehead atoms. The van der Waals surface area contributed by atoms with Crippen molar-refractivity contribution in [2.45, 2.75) is 13.0 Å². The number of nitriles is 1. The Morgan fingerprint density at radius 2 is 2.04 bits per heavy atom. The van der Waals surface area contributed by atoms with Gasteiger partial charge >= 0.3 is 0 Å². The van der Waals surface area contributed by atoms with E-state index in [9.17, 15) is 13.6 Å². The van der Waals surface area contributed by atoms with Crippen LogP contribution in [0.3, 0.4) is 0 Å². The van der Waals surface area contributed by atoms with Gasteiger partial charge in [0.2, 0.25) is 5.91 Å². The van der Waals surface area contributed by atoms with Crippen molar-refractivity contribution in [1.29, 1.82) is 5.26 Å². The van der Waals surface area contributed by atoms with Gasteiger partial charge in [-0.25, -0.2) is 8.78 Å². The van der Waals surface area contributed by atoms with Crippen molar-refractivity contribution in [3.63, 3.8) is 0 Å². The fraction of sp³-hybridized carbons (Fsp3) is 0.176. The van der Waals surface area contributed by atoms with Crippen LogP contribution >= 0.6 is 11.6 Å². The molecule has 2 rings (SSSR count). The third-order valence-electron chi connectivity index (χ3n) is 3.37. The number of amides is 1. The second kappa shape index (κ2) is 7.86. The Morgan fingerprint density at radius 1 is 1.29 bits per heavy atom. The number of carbonyl (C=O) groups is 1. The van der Waals surface area contributed by atoms with Crippen molar-refractivity contribution in [3.8, 4) is 6.07 Å². The summed E-state index contributed by atoms with van der Waals surface area (Å²) in [6.07, 6.45) is 0. The zero-order valence-corrected chi connectivity index (χ0v) is 13.5. The van der Waals surface area contributed by atoms with Crippen LogP contribution in [0.5, 0.6) is 0 Å². The summed E-state index contributed by atoms with van der Waals surface area (Å²) in [5.74, 6) is -1.76. The smallest absolute Gasteiger partial charge is 0.238 e. The standard InChI is InChI=1S/C17H14ClF2N3O/c1-10(14-5-4-13(19)7-15(14)20)22-9-17(24)23-16-6-12(18)3-2-11(16)8-21/h2-7,10,22H,9H2,1H3,(H,23,24)/t10-/m1/s1. The van der Waals surface area contributed by atoms with E-state index in [1.807, 2.05) is 6.07 Å². The Hall–Kier alpha value is -2.49. The molecule has 0 radical (unpaired) electrons. The lowest BCUT2D eigenvalue weighted by Crippen LogP contribution is -2.30. The number of hydrogen-bond acceptors (Lipinski definition) is 3. The highest BCUT2D eigenvalue weighted by Gasteiger charge is 2.13. The predicted molar refractivity (Wildman–Crippen MR) is 87.6 cm³/mol. The summed E-state index contributed by atoms with van der Waals surface area (Å²) in [5, 5.41) is 14.8. The molecule has 0 aliphatic heterocycles. The Morgan fingerprint density at radius 3 is 2.71 bits per heavy atom. The van der Waals surface area contributed by atoms with Gasteiger partial charge < -0.3 is 10.6 Å². The van der Waals surface area contributed by atoms with Crippen LogP contribution in [0.2, 0.25) is 5.02 Å². The number of anilines is 1. The van der Waals surface area contributed by atoms with E-state index in [4.69, 9.17) is 16.9 Å². The number of carbonyl (C=O) groups excluding carboxylic acids is 1. The fourth-order valence-corrected chi connectivity index (χ4v) is 2.29. The number of nitrogens with one attached hydrogen (secondary N) is 2. The van der Waals surface area contributed by atoms with Crippen molar-refractivity contribution < 1.29 is 13.6 Å². The Labute approximate surface area is 143 Å². The lowest BCUT2D eigenvalue weighted by Gasteiger charge is -2.15. The van der Waals surface area contributed by atoms with Gasteiger partial charge in [0.1, 0.15) is 17.7 Å². The predicted octanol–water partition coefficient (Wildman–Crippen LogP) is 3.78. The van der Waals surface area contributed by atoms with E-state index in [2.05, 4.69) is 10.6 Å². The van der Waals surface area contributed by atoms with Crippen molar-refractivity contribution in [2.24, 2.45) is 0 Å². The van der Waals surface area contributed by atoms with Crippen LogP contribution in [0.1, 0.15) is 24.1 Å². The second-order valence-corrected chi connectivity index (χ2v) is 5.55. The molecule has 0 fully saturated rings. The van der Waals surface area contributed by atoms with Crippen molar-refractivity contribution in [2.75, 3.05) is 11.9 Å². The molecule has 0 unspecified atom stereocenters. The number of halogens is 3. The van der Waals surface area contributed by atoms with Crippen LogP contribution in [-0.4, -0.2) is 12.5 Å². The highest BCUT2D eigenvalue weighted by molar-refractivity contribution is 6.31. The topological polar surface area (TPSA) is 64.9 Å². The van der Waals surface area contributed by atoms with E-state index in [-0.39, 0.29) is 17.7 Å². The summed E-state index contributed by atoms with van der Waals surface area (Å²) < 4.78 is 26.6. The molecule has 2 aromatic rings. The summed E-state index contributed by atoms with van der Waals surface area (Å²) in [6, 6.07) is 9.25. The van der Waals surface area contributed by atoms with E-state index >= 15 is 0 Å². The summed E-state index contributed by atoms with van der Waals surface area (Å²) in [4.78, 5) is 12.0. The zero-order valence-electron chi connectivity index (χ0n) is 12.7. The van der Waals surface area contributed by atoms with E-state index in [0.717, 1.165) is 12.1 Å². The van der Waals surface area contributed by atoms with Gasteiger partial charge in [-0.3, -0.25) is 4.79 Å². The van der Waals surface area contributed by atoms with E-state index in [0.29, 0.717) is 10.7 Å². The molecular formula is C17H14ClF2N3O. The Kier molecular flexibility index (Phi) is 5.85. The quantitative estimate of drug-likeness (QED) is 0.863. The molecule has 124 valence electrons. The van der Waals surface area contributed by atoms with Crippen LogP contribution in [-0.2, 0) is 4.79 Å². The molecule has 0 aliphatic carbocycles. The average molecular weight is 350 g/mol. The third kappa shape index (κ3) is 4.51. The minimum absolute atomic E-state index is 0.116. The minimum Gasteiger partial charge on any atom is -0.324 e. The molecule has 1 amide bonds. The maximum atomic E-state index is 13.7. The first-order valence-corrected chi connectivity index (χ1v) is 7.46. The first-order valence-electron chi connectivity index (χ1n) is 7.08. The summed E-state index contributed by atoms with van der Waals surface area (Å²) in [7, 11) is 0. The first-order chi connectivity index (χ1) is 11.4. The van der Waals surface area contributed by atoms with Gasteiger partial charge in [0.05, 0.1) is 17.8 Å². The molecule has 24 heavy (non-hydrogen) atoms. The largest absolute Gasteiger partial charge is 0.324 e. The molecule has 0 heterocycles. The lowest BCUT2D eigenvalue weighted by molar-refractivity contribution is -0.115. The van der Waals surface area contributed by atoms with Gasteiger partial charge in [-0.2, -0.15) is 5.26 Å². The molecule has 1 atom stereocenters. The summed E-state index contributed by atoms with van der Waals surface area (Å²) >= 11 is 5.85. The molecule has 0 aliphatic rings. The molecule has 2 N–H and O–H groups in total. The fourth-order valence-electron chi connectivity index (χ4n) is 2.12. The van der Waals surface area contributed by atoms with Gasteiger partial charge in [-0.05, 0) is 31.2 Å². The minimum atomic E-state index is -0.683. The van der Waals surface area contributed by atoms with Gasteiger partial charge in [-0.1, -0.05) is 17.7 Å². The van der Waals surface area contributed by atoms with E-state index < -0.39 is 23.6 Å². The monoisotopic (exact) mass is 349 g/mol. The van der Waals surface area contributed by atoms with E-state index in [1.165, 1.54) is 18.2 Å². The third-order valence-corrected chi connectivity index (χ3v) is 3.61. The number of nitrogens with zero attached hydrogens (tertiary/aromatic N) is 1. The molecule has 2 aromatic carbocycles. The molecule has 0 saturated heterocycles. The second-order valence-electron chi connectivity index (χ2n) is 5.12. The van der Waals surface area contributed by atoms with Crippen LogP contribution < -0.4 is 10.6 Å². The van der Waals surface area contributed by atoms with Gasteiger partial charge in [0.15, 0.2) is 0 Å². The maximum absolute atomic E-state index is 13.7. The van der Waals surface area contributed by atoms with Crippen molar-refractivity contribution in [3.05, 3.63) is 64.2 Å². The highest BCUT2D eigenvalue weighted by atomic mass is 35.5. The first kappa shape index (κ1) is 17.9. The van der Waals surface area contributed by atoms with Crippen molar-refractivity contribution in [1.82, 2.24) is 5.32 Å². The van der Waals surface area contributed by atoms with E-state index in [1.54, 1.807) is 13.0 Å². The molecule has 0 saturated carbocycles. The summed E-state index contributed by atoms with van der Waals surface area (Å²) in [5.41, 5.74) is 0.840. The molecule has 4 nitrogen and oxygen atoms in total. The maximum Gasteiger partial charge on any atom is 0.238 e. The molecular weight excluding hydrogens is 336 g/mol. The highest BCUT2D eigenvalue weighted by Crippen LogP contribution is 2.20. The Bertz CT molecular complexity index is 805. The van der Waals surface area contributed by atoms with Crippen LogP contribution in [0, 0.1) is 23.0 Å². The number of benzene rings is 2. The zero-order chi connectivity index (χ0) is 17.7. The molecule has 7 heteroatoms. The van der Waals surface area contributed by atoms with Crippen LogP contribution in [0.25, 0.3) is 0 Å². The SMILES string of the molecule is C[C@@H](NCC(=O)Nc1cc(Cl)ccc1C#N)c1ccc(F)cc1F. The van der Waals surface area contributed by atoms with Gasteiger partial charge in [0, 0.05) is 22.7 Å². The molecule has 0 aromatic heterocycles.